The largest absolute Gasteiger partial charge is 0.464 e. The van der Waals surface area contributed by atoms with Gasteiger partial charge in [-0.1, -0.05) is 0 Å². The zero-order chi connectivity index (χ0) is 19.1. The fourth-order valence-corrected chi connectivity index (χ4v) is 3.56. The lowest BCUT2D eigenvalue weighted by Crippen LogP contribution is -2.11. The summed E-state index contributed by atoms with van der Waals surface area (Å²) < 4.78 is 45.3. The van der Waals surface area contributed by atoms with E-state index in [0.717, 1.165) is 6.26 Å². The molecule has 0 aliphatic carbocycles. The van der Waals surface area contributed by atoms with Crippen molar-refractivity contribution in [1.82, 2.24) is 9.38 Å². The molecule has 0 saturated carbocycles. The van der Waals surface area contributed by atoms with Crippen molar-refractivity contribution in [3.05, 3.63) is 52.5 Å². The van der Waals surface area contributed by atoms with Gasteiger partial charge in [0.25, 0.3) is 0 Å². The average molecular weight is 442 g/mol. The lowest BCUT2D eigenvalue weighted by molar-refractivity contribution is 0.0594. The van der Waals surface area contributed by atoms with Gasteiger partial charge in [0.1, 0.15) is 17.2 Å². The number of ether oxygens (including phenoxy) is 1. The molecule has 2 aromatic heterocycles. The smallest absolute Gasteiger partial charge is 0.357 e. The molecular formula is C16H13BrFN3O4S. The lowest BCUT2D eigenvalue weighted by Gasteiger charge is -2.08. The molecule has 3 aromatic rings. The summed E-state index contributed by atoms with van der Waals surface area (Å²) in [4.78, 5) is 16.7. The predicted molar refractivity (Wildman–Crippen MR) is 98.1 cm³/mol. The van der Waals surface area contributed by atoms with Gasteiger partial charge in [-0.15, -0.1) is 0 Å². The third kappa shape index (κ3) is 3.56. The number of rotatable bonds is 4. The number of hydrogen-bond donors (Lipinski definition) is 1. The molecule has 1 N–H and O–H groups in total. The zero-order valence-electron chi connectivity index (χ0n) is 13.7. The maximum Gasteiger partial charge on any atom is 0.357 e. The molecule has 0 radical (unpaired) electrons. The van der Waals surface area contributed by atoms with Crippen LogP contribution in [0.3, 0.4) is 0 Å². The minimum atomic E-state index is -3.50. The summed E-state index contributed by atoms with van der Waals surface area (Å²) in [5.74, 6) is -1.05. The first-order chi connectivity index (χ1) is 12.2. The third-order valence-corrected chi connectivity index (χ3v) is 4.73. The number of methoxy groups -OCH3 is 1. The molecule has 0 atom stereocenters. The van der Waals surface area contributed by atoms with Gasteiger partial charge >= 0.3 is 5.97 Å². The summed E-state index contributed by atoms with van der Waals surface area (Å²) in [7, 11) is -2.26. The Bertz CT molecular complexity index is 1110. The van der Waals surface area contributed by atoms with Crippen molar-refractivity contribution in [3.8, 4) is 11.3 Å². The third-order valence-electron chi connectivity index (χ3n) is 3.50. The molecular weight excluding hydrogens is 429 g/mol. The molecule has 2 heterocycles. The first-order valence-corrected chi connectivity index (χ1v) is 9.91. The number of esters is 1. The van der Waals surface area contributed by atoms with Crippen LogP contribution in [0.4, 0.5) is 10.1 Å². The van der Waals surface area contributed by atoms with E-state index in [9.17, 15) is 17.6 Å². The first kappa shape index (κ1) is 18.3. The molecule has 0 amide bonds. The standard InChI is InChI=1S/C16H13BrFN3O4S/c1-25-16(22)15-14(9-3-5-10(18)6-4-9)19-13-7-12(20-26(2,23)24)11(17)8-21(13)15/h3-8,20H,1-2H3. The van der Waals surface area contributed by atoms with Crippen molar-refractivity contribution in [3.63, 3.8) is 0 Å². The van der Waals surface area contributed by atoms with Crippen molar-refractivity contribution < 1.29 is 22.3 Å². The van der Waals surface area contributed by atoms with Gasteiger partial charge in [-0.2, -0.15) is 0 Å². The van der Waals surface area contributed by atoms with E-state index in [1.165, 1.54) is 48.0 Å². The SMILES string of the molecule is COC(=O)c1c(-c2ccc(F)cc2)nc2cc(NS(C)(=O)=O)c(Br)cn12. The van der Waals surface area contributed by atoms with E-state index in [1.54, 1.807) is 0 Å². The number of carbonyl (C=O) groups is 1. The van der Waals surface area contributed by atoms with Gasteiger partial charge in [-0.3, -0.25) is 9.12 Å². The number of imidazole rings is 1. The van der Waals surface area contributed by atoms with E-state index in [0.29, 0.717) is 21.4 Å². The molecule has 0 bridgehead atoms. The van der Waals surface area contributed by atoms with Gasteiger partial charge in [0.2, 0.25) is 10.0 Å². The zero-order valence-corrected chi connectivity index (χ0v) is 16.1. The highest BCUT2D eigenvalue weighted by molar-refractivity contribution is 9.10. The topological polar surface area (TPSA) is 89.8 Å². The highest BCUT2D eigenvalue weighted by atomic mass is 79.9. The summed E-state index contributed by atoms with van der Waals surface area (Å²) in [6.07, 6.45) is 2.54. The number of sulfonamides is 1. The molecule has 26 heavy (non-hydrogen) atoms. The van der Waals surface area contributed by atoms with Gasteiger partial charge in [0.05, 0.1) is 23.5 Å². The van der Waals surface area contributed by atoms with Crippen molar-refractivity contribution in [1.29, 1.82) is 0 Å². The molecule has 0 unspecified atom stereocenters. The minimum Gasteiger partial charge on any atom is -0.464 e. The summed E-state index contributed by atoms with van der Waals surface area (Å²) in [6.45, 7) is 0. The molecule has 3 rings (SSSR count). The second-order valence-corrected chi connectivity index (χ2v) is 8.05. The van der Waals surface area contributed by atoms with E-state index >= 15 is 0 Å². The Morgan fingerprint density at radius 2 is 1.96 bits per heavy atom. The number of halogens is 2. The van der Waals surface area contributed by atoms with E-state index < -0.39 is 21.8 Å². The van der Waals surface area contributed by atoms with Gasteiger partial charge in [-0.05, 0) is 40.2 Å². The van der Waals surface area contributed by atoms with E-state index in [-0.39, 0.29) is 11.4 Å². The minimum absolute atomic E-state index is 0.140. The maximum atomic E-state index is 13.2. The maximum absolute atomic E-state index is 13.2. The lowest BCUT2D eigenvalue weighted by atomic mass is 10.1. The molecule has 0 aliphatic heterocycles. The predicted octanol–water partition coefficient (Wildman–Crippen LogP) is 3.06. The van der Waals surface area contributed by atoms with Gasteiger partial charge in [-0.25, -0.2) is 22.6 Å². The number of aromatic nitrogens is 2. The second-order valence-electron chi connectivity index (χ2n) is 5.44. The molecule has 0 fully saturated rings. The van der Waals surface area contributed by atoms with Gasteiger partial charge in [0.15, 0.2) is 5.69 Å². The van der Waals surface area contributed by atoms with Crippen LogP contribution in [0.2, 0.25) is 0 Å². The van der Waals surface area contributed by atoms with Crippen molar-refractivity contribution >= 4 is 43.3 Å². The Balaban J connectivity index is 2.27. The normalized spacial score (nSPS) is 11.5. The van der Waals surface area contributed by atoms with Gasteiger partial charge in [0, 0.05) is 17.8 Å². The van der Waals surface area contributed by atoms with Gasteiger partial charge < -0.3 is 4.74 Å². The Labute approximate surface area is 157 Å². The monoisotopic (exact) mass is 441 g/mol. The molecule has 1 aromatic carbocycles. The molecule has 0 aliphatic rings. The van der Waals surface area contributed by atoms with Crippen LogP contribution in [-0.4, -0.2) is 37.1 Å². The van der Waals surface area contributed by atoms with Crippen LogP contribution in [-0.2, 0) is 14.8 Å². The quantitative estimate of drug-likeness (QED) is 0.628. The summed E-state index contributed by atoms with van der Waals surface area (Å²) in [5.41, 5.74) is 1.54. The summed E-state index contributed by atoms with van der Waals surface area (Å²) in [6, 6.07) is 6.98. The molecule has 10 heteroatoms. The van der Waals surface area contributed by atoms with Crippen LogP contribution < -0.4 is 4.72 Å². The van der Waals surface area contributed by atoms with Crippen molar-refractivity contribution in [2.75, 3.05) is 18.1 Å². The Morgan fingerprint density at radius 3 is 2.54 bits per heavy atom. The Morgan fingerprint density at radius 1 is 1.31 bits per heavy atom. The van der Waals surface area contributed by atoms with Crippen LogP contribution in [0, 0.1) is 5.82 Å². The van der Waals surface area contributed by atoms with E-state index in [1.807, 2.05) is 0 Å². The van der Waals surface area contributed by atoms with Crippen molar-refractivity contribution in [2.45, 2.75) is 0 Å². The fraction of sp³-hybridized carbons (Fsp3) is 0.125. The Hall–Kier alpha value is -2.46. The number of fused-ring (bicyclic) bond motifs is 1. The number of carbonyl (C=O) groups excluding carboxylic acids is 1. The fourth-order valence-electron chi connectivity index (χ4n) is 2.44. The molecule has 7 nitrogen and oxygen atoms in total. The van der Waals surface area contributed by atoms with E-state index in [2.05, 4.69) is 25.6 Å². The van der Waals surface area contributed by atoms with Crippen LogP contribution in [0.15, 0.2) is 41.0 Å². The number of pyridine rings is 1. The average Bonchev–Trinajstić information content (AvgIpc) is 2.92. The number of nitrogens with one attached hydrogen (secondary N) is 1. The molecule has 0 spiro atoms. The van der Waals surface area contributed by atoms with Crippen LogP contribution in [0.1, 0.15) is 10.5 Å². The second kappa shape index (κ2) is 6.69. The first-order valence-electron chi connectivity index (χ1n) is 7.23. The highest BCUT2D eigenvalue weighted by Gasteiger charge is 2.22. The van der Waals surface area contributed by atoms with Crippen LogP contribution in [0.25, 0.3) is 16.9 Å². The number of benzene rings is 1. The van der Waals surface area contributed by atoms with E-state index in [4.69, 9.17) is 4.74 Å². The van der Waals surface area contributed by atoms with Crippen LogP contribution >= 0.6 is 15.9 Å². The van der Waals surface area contributed by atoms with Crippen molar-refractivity contribution in [2.24, 2.45) is 0 Å². The summed E-state index contributed by atoms with van der Waals surface area (Å²) >= 11 is 3.27. The summed E-state index contributed by atoms with van der Waals surface area (Å²) in [5, 5.41) is 0. The Kier molecular flexibility index (Phi) is 4.72. The number of anilines is 1. The number of hydrogen-bond acceptors (Lipinski definition) is 5. The highest BCUT2D eigenvalue weighted by Crippen LogP contribution is 2.30. The van der Waals surface area contributed by atoms with Crippen LogP contribution in [0.5, 0.6) is 0 Å². The number of nitrogens with zero attached hydrogens (tertiary/aromatic N) is 2. The molecule has 136 valence electrons. The molecule has 0 saturated heterocycles.